The van der Waals surface area contributed by atoms with Gasteiger partial charge in [0.2, 0.25) is 0 Å². The molecule has 0 spiro atoms. The average molecular weight is 347 g/mol. The fourth-order valence-electron chi connectivity index (χ4n) is 3.73. The Bertz CT molecular complexity index is 573. The number of hydrogen-bond acceptors (Lipinski definition) is 4. The number of rotatable bonds is 4. The maximum Gasteiger partial charge on any atom is 0.100 e. The van der Waals surface area contributed by atoms with Crippen LogP contribution in [0.15, 0.2) is 41.0 Å². The van der Waals surface area contributed by atoms with E-state index < -0.39 is 6.17 Å². The summed E-state index contributed by atoms with van der Waals surface area (Å²) in [7, 11) is 0. The molecule has 4 nitrogen and oxygen atoms in total. The monoisotopic (exact) mass is 347 g/mol. The van der Waals surface area contributed by atoms with Gasteiger partial charge in [-0.2, -0.15) is 5.10 Å². The lowest BCUT2D eigenvalue weighted by Crippen LogP contribution is -2.26. The van der Waals surface area contributed by atoms with Crippen molar-refractivity contribution in [2.24, 2.45) is 11.0 Å². The Labute approximate surface area is 150 Å². The lowest BCUT2D eigenvalue weighted by Gasteiger charge is -2.25. The van der Waals surface area contributed by atoms with Crippen molar-refractivity contribution in [2.45, 2.75) is 77.1 Å². The number of halogens is 1. The highest BCUT2D eigenvalue weighted by atomic mass is 19.1. The zero-order valence-electron chi connectivity index (χ0n) is 15.3. The Balaban J connectivity index is 1.69. The molecule has 0 saturated heterocycles. The number of nitrogens with one attached hydrogen (secondary N) is 2. The van der Waals surface area contributed by atoms with Gasteiger partial charge in [-0.25, -0.2) is 4.39 Å². The normalized spacial score (nSPS) is 38.3. The van der Waals surface area contributed by atoms with Crippen LogP contribution in [-0.2, 0) is 4.74 Å². The number of allylic oxidation sites excluding steroid dienone is 2. The van der Waals surface area contributed by atoms with Crippen LogP contribution in [0.25, 0.3) is 0 Å². The standard InChI is InChI=1S/C20H30FN3O/c1-14-9-10-22-24-20(17-4-6-18(21)7-5-17)12-19(23-14)8-3-16-11-15(2)25-13-16/h9-10,12-15,17-18,22-23H,3-8,11H2,1-2H3/b10-9-,19-12+,24-20+. The van der Waals surface area contributed by atoms with Crippen LogP contribution >= 0.6 is 0 Å². The molecular weight excluding hydrogens is 317 g/mol. The SMILES string of the molecule is CC1/C=C\N/N=C(C2CCC(F)CC2)\C=C(/CCC2=COC(C)C2)N1. The Kier molecular flexibility index (Phi) is 6.16. The largest absolute Gasteiger partial charge is 0.498 e. The molecule has 1 fully saturated rings. The molecule has 0 radical (unpaired) electrons. The zero-order chi connectivity index (χ0) is 17.6. The molecular formula is C20H30FN3O. The summed E-state index contributed by atoms with van der Waals surface area (Å²) in [6.45, 7) is 4.23. The molecule has 138 valence electrons. The molecule has 0 aromatic rings. The van der Waals surface area contributed by atoms with Crippen molar-refractivity contribution in [1.82, 2.24) is 10.7 Å². The first-order valence-corrected chi connectivity index (χ1v) is 9.54. The fraction of sp³-hybridized carbons (Fsp3) is 0.650. The van der Waals surface area contributed by atoms with Gasteiger partial charge in [0, 0.05) is 30.3 Å². The van der Waals surface area contributed by atoms with Crippen molar-refractivity contribution >= 4 is 5.71 Å². The van der Waals surface area contributed by atoms with Crippen LogP contribution in [0.1, 0.15) is 58.8 Å². The number of alkyl halides is 1. The summed E-state index contributed by atoms with van der Waals surface area (Å²) in [4.78, 5) is 0. The number of hydrazone groups is 1. The lowest BCUT2D eigenvalue weighted by atomic mass is 9.84. The molecule has 2 atom stereocenters. The highest BCUT2D eigenvalue weighted by Gasteiger charge is 2.24. The summed E-state index contributed by atoms with van der Waals surface area (Å²) >= 11 is 0. The summed E-state index contributed by atoms with van der Waals surface area (Å²) in [5, 5.41) is 8.15. The van der Waals surface area contributed by atoms with Crippen LogP contribution in [0, 0.1) is 5.92 Å². The minimum Gasteiger partial charge on any atom is -0.498 e. The molecule has 2 heterocycles. The number of ether oxygens (including phenoxy) is 1. The third-order valence-corrected chi connectivity index (χ3v) is 5.20. The van der Waals surface area contributed by atoms with Crippen molar-refractivity contribution in [3.63, 3.8) is 0 Å². The van der Waals surface area contributed by atoms with Crippen molar-refractivity contribution in [3.05, 3.63) is 35.9 Å². The van der Waals surface area contributed by atoms with Gasteiger partial charge in [0.15, 0.2) is 0 Å². The lowest BCUT2D eigenvalue weighted by molar-refractivity contribution is 0.189. The van der Waals surface area contributed by atoms with Gasteiger partial charge in [-0.3, -0.25) is 5.43 Å². The second-order valence-electron chi connectivity index (χ2n) is 7.50. The van der Waals surface area contributed by atoms with E-state index >= 15 is 0 Å². The Hall–Kier alpha value is -1.78. The molecule has 1 saturated carbocycles. The molecule has 3 rings (SSSR count). The summed E-state index contributed by atoms with van der Waals surface area (Å²) in [5.41, 5.74) is 6.64. The second kappa shape index (κ2) is 8.54. The fourth-order valence-corrected chi connectivity index (χ4v) is 3.73. The van der Waals surface area contributed by atoms with E-state index in [1.54, 1.807) is 0 Å². The van der Waals surface area contributed by atoms with Crippen LogP contribution in [0.5, 0.6) is 0 Å². The molecule has 1 aliphatic carbocycles. The molecule has 25 heavy (non-hydrogen) atoms. The van der Waals surface area contributed by atoms with Crippen molar-refractivity contribution in [2.75, 3.05) is 0 Å². The van der Waals surface area contributed by atoms with Gasteiger partial charge >= 0.3 is 0 Å². The van der Waals surface area contributed by atoms with E-state index in [-0.39, 0.29) is 6.04 Å². The molecule has 3 aliphatic rings. The number of hydrogen-bond donors (Lipinski definition) is 2. The minimum absolute atomic E-state index is 0.239. The van der Waals surface area contributed by atoms with E-state index in [2.05, 4.69) is 41.8 Å². The zero-order valence-corrected chi connectivity index (χ0v) is 15.3. The van der Waals surface area contributed by atoms with Gasteiger partial charge in [-0.15, -0.1) is 0 Å². The van der Waals surface area contributed by atoms with E-state index in [1.165, 1.54) is 11.3 Å². The predicted octanol–water partition coefficient (Wildman–Crippen LogP) is 4.32. The molecule has 0 aromatic heterocycles. The average Bonchev–Trinajstić information content (AvgIpc) is 3.04. The summed E-state index contributed by atoms with van der Waals surface area (Å²) in [5.74, 6) is 0.340. The third-order valence-electron chi connectivity index (χ3n) is 5.20. The van der Waals surface area contributed by atoms with Crippen molar-refractivity contribution in [1.29, 1.82) is 0 Å². The van der Waals surface area contributed by atoms with Crippen LogP contribution in [0.3, 0.4) is 0 Å². The summed E-state index contributed by atoms with van der Waals surface area (Å²) in [6.07, 6.45) is 13.7. The minimum atomic E-state index is -0.640. The van der Waals surface area contributed by atoms with Gasteiger partial charge in [0.1, 0.15) is 6.17 Å². The highest BCUT2D eigenvalue weighted by Crippen LogP contribution is 2.29. The maximum absolute atomic E-state index is 13.5. The first kappa shape index (κ1) is 18.0. The molecule has 2 N–H and O–H groups in total. The van der Waals surface area contributed by atoms with Gasteiger partial charge < -0.3 is 10.1 Å². The van der Waals surface area contributed by atoms with Gasteiger partial charge in [0.05, 0.1) is 18.1 Å². The highest BCUT2D eigenvalue weighted by molar-refractivity contribution is 5.97. The summed E-state index contributed by atoms with van der Waals surface area (Å²) in [6, 6.07) is 0.239. The Morgan fingerprint density at radius 2 is 2.00 bits per heavy atom. The maximum atomic E-state index is 13.5. The molecule has 2 aliphatic heterocycles. The molecule has 5 heteroatoms. The Morgan fingerprint density at radius 1 is 1.20 bits per heavy atom. The molecule has 0 aromatic carbocycles. The quantitative estimate of drug-likeness (QED) is 0.796. The molecule has 0 amide bonds. The second-order valence-corrected chi connectivity index (χ2v) is 7.50. The summed E-state index contributed by atoms with van der Waals surface area (Å²) < 4.78 is 19.0. The number of nitrogens with zero attached hydrogens (tertiary/aromatic N) is 1. The van der Waals surface area contributed by atoms with E-state index in [0.29, 0.717) is 24.9 Å². The van der Waals surface area contributed by atoms with Crippen molar-refractivity contribution in [3.8, 4) is 0 Å². The van der Waals surface area contributed by atoms with Crippen molar-refractivity contribution < 1.29 is 9.13 Å². The smallest absolute Gasteiger partial charge is 0.100 e. The first-order chi connectivity index (χ1) is 12.1. The Morgan fingerprint density at radius 3 is 2.72 bits per heavy atom. The van der Waals surface area contributed by atoms with Crippen LogP contribution < -0.4 is 10.7 Å². The van der Waals surface area contributed by atoms with Crippen LogP contribution in [-0.4, -0.2) is 24.0 Å². The van der Waals surface area contributed by atoms with Gasteiger partial charge in [-0.05, 0) is 70.1 Å². The van der Waals surface area contributed by atoms with Crippen LogP contribution in [0.4, 0.5) is 4.39 Å². The van der Waals surface area contributed by atoms with Gasteiger partial charge in [-0.1, -0.05) is 0 Å². The van der Waals surface area contributed by atoms with E-state index in [9.17, 15) is 4.39 Å². The topological polar surface area (TPSA) is 45.7 Å². The van der Waals surface area contributed by atoms with E-state index in [0.717, 1.165) is 37.8 Å². The third kappa shape index (κ3) is 5.35. The van der Waals surface area contributed by atoms with E-state index in [4.69, 9.17) is 4.74 Å². The molecule has 2 unspecified atom stereocenters. The van der Waals surface area contributed by atoms with E-state index in [1.807, 2.05) is 12.5 Å². The van der Waals surface area contributed by atoms with Crippen LogP contribution in [0.2, 0.25) is 0 Å². The first-order valence-electron chi connectivity index (χ1n) is 9.54. The van der Waals surface area contributed by atoms with Gasteiger partial charge in [0.25, 0.3) is 0 Å². The predicted molar refractivity (Wildman–Crippen MR) is 99.7 cm³/mol. The molecule has 0 bridgehead atoms.